The Morgan fingerprint density at radius 3 is 2.44 bits per heavy atom. The largest absolute Gasteiger partial charge is 0.460 e. The lowest BCUT2D eigenvalue weighted by atomic mass is 9.80. The lowest BCUT2D eigenvalue weighted by Gasteiger charge is -2.30. The van der Waals surface area contributed by atoms with E-state index >= 15 is 0 Å². The van der Waals surface area contributed by atoms with Crippen molar-refractivity contribution >= 4 is 5.97 Å². The molecule has 104 valence electrons. The van der Waals surface area contributed by atoms with Crippen LogP contribution in [0.5, 0.6) is 0 Å². The molecule has 2 atom stereocenters. The fourth-order valence-corrected chi connectivity index (χ4v) is 3.21. The van der Waals surface area contributed by atoms with Crippen molar-refractivity contribution in [3.8, 4) is 0 Å². The van der Waals surface area contributed by atoms with Crippen molar-refractivity contribution in [3.05, 3.63) is 0 Å². The zero-order chi connectivity index (χ0) is 13.0. The summed E-state index contributed by atoms with van der Waals surface area (Å²) in [5.41, 5.74) is 0. The quantitative estimate of drug-likeness (QED) is 0.722. The molecule has 2 fully saturated rings. The van der Waals surface area contributed by atoms with Crippen molar-refractivity contribution in [1.82, 2.24) is 0 Å². The van der Waals surface area contributed by atoms with Crippen molar-refractivity contribution < 1.29 is 14.3 Å². The van der Waals surface area contributed by atoms with Crippen LogP contribution in [0, 0.1) is 11.8 Å². The van der Waals surface area contributed by atoms with Crippen LogP contribution in [-0.4, -0.2) is 25.3 Å². The zero-order valence-corrected chi connectivity index (χ0v) is 11.7. The van der Waals surface area contributed by atoms with Gasteiger partial charge < -0.3 is 9.47 Å². The van der Waals surface area contributed by atoms with E-state index < -0.39 is 0 Å². The van der Waals surface area contributed by atoms with E-state index in [-0.39, 0.29) is 18.2 Å². The summed E-state index contributed by atoms with van der Waals surface area (Å²) in [7, 11) is 1.58. The van der Waals surface area contributed by atoms with Crippen molar-refractivity contribution in [2.45, 2.75) is 70.5 Å². The van der Waals surface area contributed by atoms with E-state index in [1.54, 1.807) is 7.11 Å². The van der Waals surface area contributed by atoms with Gasteiger partial charge in [-0.25, -0.2) is 4.79 Å². The van der Waals surface area contributed by atoms with Crippen LogP contribution in [0.3, 0.4) is 0 Å². The molecule has 2 unspecified atom stereocenters. The molecule has 0 aromatic heterocycles. The summed E-state index contributed by atoms with van der Waals surface area (Å²) in [6.07, 6.45) is 9.35. The molecule has 3 nitrogen and oxygen atoms in total. The summed E-state index contributed by atoms with van der Waals surface area (Å²) in [6, 6.07) is 0. The predicted molar refractivity (Wildman–Crippen MR) is 70.3 cm³/mol. The number of hydrogen-bond donors (Lipinski definition) is 0. The van der Waals surface area contributed by atoms with E-state index in [0.717, 1.165) is 31.1 Å². The van der Waals surface area contributed by atoms with Gasteiger partial charge in [-0.1, -0.05) is 32.6 Å². The average molecular weight is 254 g/mol. The second-order valence-corrected chi connectivity index (χ2v) is 6.06. The van der Waals surface area contributed by atoms with E-state index in [0.29, 0.717) is 0 Å². The standard InChI is InChI=1S/C15H26O3/c1-11-3-5-12(6-4-11)7-8-13-9-10-14(17-2)15(16)18-13/h11-14H,3-10H2,1-2H3. The van der Waals surface area contributed by atoms with E-state index in [1.165, 1.54) is 32.1 Å². The second-order valence-electron chi connectivity index (χ2n) is 6.06. The van der Waals surface area contributed by atoms with Gasteiger partial charge in [-0.3, -0.25) is 0 Å². The Morgan fingerprint density at radius 1 is 1.11 bits per heavy atom. The molecule has 0 N–H and O–H groups in total. The van der Waals surface area contributed by atoms with Crippen LogP contribution in [0.25, 0.3) is 0 Å². The van der Waals surface area contributed by atoms with Crippen LogP contribution in [0.1, 0.15) is 58.3 Å². The van der Waals surface area contributed by atoms with Crippen LogP contribution in [-0.2, 0) is 14.3 Å². The Hall–Kier alpha value is -0.570. The van der Waals surface area contributed by atoms with Gasteiger partial charge >= 0.3 is 5.97 Å². The monoisotopic (exact) mass is 254 g/mol. The molecule has 3 heteroatoms. The highest BCUT2D eigenvalue weighted by molar-refractivity contribution is 5.75. The van der Waals surface area contributed by atoms with Gasteiger partial charge in [0.05, 0.1) is 0 Å². The summed E-state index contributed by atoms with van der Waals surface area (Å²) in [4.78, 5) is 11.6. The third kappa shape index (κ3) is 3.71. The highest BCUT2D eigenvalue weighted by Gasteiger charge is 2.30. The molecule has 1 heterocycles. The Morgan fingerprint density at radius 2 is 1.83 bits per heavy atom. The molecule has 0 amide bonds. The summed E-state index contributed by atoms with van der Waals surface area (Å²) >= 11 is 0. The molecule has 1 saturated carbocycles. The normalized spacial score (nSPS) is 37.3. The Labute approximate surface area is 110 Å². The fourth-order valence-electron chi connectivity index (χ4n) is 3.21. The number of rotatable bonds is 4. The van der Waals surface area contributed by atoms with Gasteiger partial charge in [-0.05, 0) is 37.5 Å². The van der Waals surface area contributed by atoms with Crippen LogP contribution in [0.15, 0.2) is 0 Å². The van der Waals surface area contributed by atoms with Gasteiger partial charge in [0.15, 0.2) is 6.10 Å². The van der Waals surface area contributed by atoms with E-state index in [9.17, 15) is 4.79 Å². The highest BCUT2D eigenvalue weighted by atomic mass is 16.6. The van der Waals surface area contributed by atoms with Crippen molar-refractivity contribution in [3.63, 3.8) is 0 Å². The number of methoxy groups -OCH3 is 1. The molecular weight excluding hydrogens is 228 g/mol. The maximum absolute atomic E-state index is 11.6. The summed E-state index contributed by atoms with van der Waals surface area (Å²) < 4.78 is 10.5. The minimum absolute atomic E-state index is 0.142. The van der Waals surface area contributed by atoms with E-state index in [1.807, 2.05) is 0 Å². The van der Waals surface area contributed by atoms with Crippen molar-refractivity contribution in [2.75, 3.05) is 7.11 Å². The first-order chi connectivity index (χ1) is 8.69. The molecule has 1 aliphatic heterocycles. The summed E-state index contributed by atoms with van der Waals surface area (Å²) in [5, 5.41) is 0. The van der Waals surface area contributed by atoms with Crippen LogP contribution in [0.2, 0.25) is 0 Å². The molecule has 2 rings (SSSR count). The smallest absolute Gasteiger partial charge is 0.335 e. The summed E-state index contributed by atoms with van der Waals surface area (Å²) in [6.45, 7) is 2.35. The maximum atomic E-state index is 11.6. The van der Waals surface area contributed by atoms with Crippen LogP contribution in [0.4, 0.5) is 0 Å². The minimum atomic E-state index is -0.322. The lowest BCUT2D eigenvalue weighted by molar-refractivity contribution is -0.169. The molecule has 0 aromatic carbocycles. The predicted octanol–water partition coefficient (Wildman–Crippen LogP) is 3.31. The van der Waals surface area contributed by atoms with E-state index in [4.69, 9.17) is 9.47 Å². The third-order valence-corrected chi connectivity index (χ3v) is 4.61. The topological polar surface area (TPSA) is 35.5 Å². The molecule has 0 aromatic rings. The molecule has 0 spiro atoms. The minimum Gasteiger partial charge on any atom is -0.460 e. The van der Waals surface area contributed by atoms with Gasteiger partial charge in [0.2, 0.25) is 0 Å². The van der Waals surface area contributed by atoms with Gasteiger partial charge in [0.25, 0.3) is 0 Å². The molecule has 0 bridgehead atoms. The molecule has 1 aliphatic carbocycles. The van der Waals surface area contributed by atoms with E-state index in [2.05, 4.69) is 6.92 Å². The maximum Gasteiger partial charge on any atom is 0.335 e. The number of hydrogen-bond acceptors (Lipinski definition) is 3. The Kier molecular flexibility index (Phi) is 5.04. The SMILES string of the molecule is COC1CCC(CCC2CCC(C)CC2)OC1=O. The van der Waals surface area contributed by atoms with Gasteiger partial charge in [-0.15, -0.1) is 0 Å². The molecule has 18 heavy (non-hydrogen) atoms. The summed E-state index contributed by atoms with van der Waals surface area (Å²) in [5.74, 6) is 1.61. The number of esters is 1. The van der Waals surface area contributed by atoms with Crippen molar-refractivity contribution in [2.24, 2.45) is 11.8 Å². The van der Waals surface area contributed by atoms with Gasteiger partial charge in [-0.2, -0.15) is 0 Å². The van der Waals surface area contributed by atoms with Gasteiger partial charge in [0, 0.05) is 7.11 Å². The third-order valence-electron chi connectivity index (χ3n) is 4.61. The van der Waals surface area contributed by atoms with Crippen molar-refractivity contribution in [1.29, 1.82) is 0 Å². The Balaban J connectivity index is 1.67. The average Bonchev–Trinajstić information content (AvgIpc) is 2.38. The first-order valence-electron chi connectivity index (χ1n) is 7.42. The van der Waals surface area contributed by atoms with Gasteiger partial charge in [0.1, 0.15) is 6.10 Å². The molecular formula is C15H26O3. The number of carbonyl (C=O) groups excluding carboxylic acids is 1. The lowest BCUT2D eigenvalue weighted by Crippen LogP contribution is -2.36. The number of cyclic esters (lactones) is 1. The van der Waals surface area contributed by atoms with Crippen LogP contribution >= 0.6 is 0 Å². The van der Waals surface area contributed by atoms with Crippen LogP contribution < -0.4 is 0 Å². The fraction of sp³-hybridized carbons (Fsp3) is 0.933. The first-order valence-corrected chi connectivity index (χ1v) is 7.42. The zero-order valence-electron chi connectivity index (χ0n) is 11.7. The highest BCUT2D eigenvalue weighted by Crippen LogP contribution is 2.32. The molecule has 2 aliphatic rings. The first kappa shape index (κ1) is 13.9. The molecule has 1 saturated heterocycles. The molecule has 0 radical (unpaired) electrons. The number of carbonyl (C=O) groups is 1. The number of ether oxygens (including phenoxy) is 2. The second kappa shape index (κ2) is 6.55. The Bertz CT molecular complexity index is 269.